The van der Waals surface area contributed by atoms with Crippen molar-refractivity contribution in [1.29, 1.82) is 0 Å². The van der Waals surface area contributed by atoms with Gasteiger partial charge in [0.2, 0.25) is 0 Å². The van der Waals surface area contributed by atoms with Crippen molar-refractivity contribution in [2.45, 2.75) is 20.3 Å². The number of hydrogen-bond acceptors (Lipinski definition) is 4. The van der Waals surface area contributed by atoms with Crippen LogP contribution in [-0.4, -0.2) is 43.0 Å². The van der Waals surface area contributed by atoms with Gasteiger partial charge in [-0.25, -0.2) is 0 Å². The minimum absolute atomic E-state index is 0.152. The van der Waals surface area contributed by atoms with E-state index in [4.69, 9.17) is 0 Å². The topological polar surface area (TPSA) is 57.3 Å². The second-order valence-corrected chi connectivity index (χ2v) is 6.08. The third-order valence-electron chi connectivity index (χ3n) is 3.85. The van der Waals surface area contributed by atoms with Gasteiger partial charge in [0, 0.05) is 30.7 Å². The summed E-state index contributed by atoms with van der Waals surface area (Å²) < 4.78 is 0. The molecular weight excluding hydrogens is 300 g/mol. The molecule has 0 atom stereocenters. The summed E-state index contributed by atoms with van der Waals surface area (Å²) in [6.45, 7) is 5.61. The molecule has 24 heavy (non-hydrogen) atoms. The number of carbonyl (C=O) groups excluding carboxylic acids is 1. The van der Waals surface area contributed by atoms with E-state index < -0.39 is 0 Å². The number of likely N-dealkylation sites (N-methyl/N-ethyl adjacent to an activating group) is 1. The number of aromatic nitrogens is 1. The van der Waals surface area contributed by atoms with Crippen molar-refractivity contribution in [2.75, 3.05) is 32.5 Å². The average Bonchev–Trinajstić information content (AvgIpc) is 2.56. The van der Waals surface area contributed by atoms with E-state index in [-0.39, 0.29) is 5.91 Å². The maximum Gasteiger partial charge on any atom is 0.269 e. The Balaban J connectivity index is 2.12. The van der Waals surface area contributed by atoms with E-state index in [0.717, 1.165) is 24.3 Å². The Morgan fingerprint density at radius 3 is 2.75 bits per heavy atom. The fourth-order valence-corrected chi connectivity index (χ4v) is 2.46. The number of hydrogen-bond donors (Lipinski definition) is 2. The van der Waals surface area contributed by atoms with Crippen molar-refractivity contribution in [2.24, 2.45) is 0 Å². The highest BCUT2D eigenvalue weighted by Gasteiger charge is 2.09. The van der Waals surface area contributed by atoms with Gasteiger partial charge in [0.05, 0.1) is 0 Å². The van der Waals surface area contributed by atoms with Crippen molar-refractivity contribution in [3.8, 4) is 0 Å². The Morgan fingerprint density at radius 1 is 1.25 bits per heavy atom. The average molecular weight is 326 g/mol. The standard InChI is InChI=1S/C19H26N4O/c1-5-15-8-6-7-14(2)18(15)22-16-9-10-20-17(13-16)19(24)21-11-12-23(3)4/h6-10,13H,5,11-12H2,1-4H3,(H,20,22)(H,21,24). The van der Waals surface area contributed by atoms with Gasteiger partial charge in [-0.15, -0.1) is 0 Å². The van der Waals surface area contributed by atoms with Gasteiger partial charge >= 0.3 is 0 Å². The van der Waals surface area contributed by atoms with Crippen LogP contribution >= 0.6 is 0 Å². The highest BCUT2D eigenvalue weighted by molar-refractivity contribution is 5.93. The SMILES string of the molecule is CCc1cccc(C)c1Nc1ccnc(C(=O)NCCN(C)C)c1. The van der Waals surface area contributed by atoms with E-state index in [1.165, 1.54) is 11.1 Å². The lowest BCUT2D eigenvalue weighted by Gasteiger charge is -2.15. The normalized spacial score (nSPS) is 10.7. The lowest BCUT2D eigenvalue weighted by molar-refractivity contribution is 0.0946. The summed E-state index contributed by atoms with van der Waals surface area (Å²) in [6.07, 6.45) is 2.61. The van der Waals surface area contributed by atoms with E-state index in [0.29, 0.717) is 12.2 Å². The molecule has 1 aromatic heterocycles. The molecule has 0 saturated carbocycles. The highest BCUT2D eigenvalue weighted by atomic mass is 16.1. The van der Waals surface area contributed by atoms with Crippen LogP contribution in [-0.2, 0) is 6.42 Å². The number of para-hydroxylation sites is 1. The number of aryl methyl sites for hydroxylation is 2. The Bertz CT molecular complexity index is 698. The molecule has 0 aliphatic rings. The van der Waals surface area contributed by atoms with Crippen LogP contribution in [0.1, 0.15) is 28.5 Å². The molecule has 0 aliphatic carbocycles. The van der Waals surface area contributed by atoms with Crippen molar-refractivity contribution < 1.29 is 4.79 Å². The number of pyridine rings is 1. The van der Waals surface area contributed by atoms with Crippen LogP contribution < -0.4 is 10.6 Å². The second kappa shape index (κ2) is 8.45. The number of amides is 1. The van der Waals surface area contributed by atoms with E-state index in [9.17, 15) is 4.79 Å². The zero-order valence-electron chi connectivity index (χ0n) is 14.9. The molecule has 2 aromatic rings. The zero-order chi connectivity index (χ0) is 17.5. The quantitative estimate of drug-likeness (QED) is 0.821. The molecule has 0 unspecified atom stereocenters. The van der Waals surface area contributed by atoms with Crippen molar-refractivity contribution in [3.05, 3.63) is 53.3 Å². The Morgan fingerprint density at radius 2 is 2.04 bits per heavy atom. The minimum atomic E-state index is -0.152. The van der Waals surface area contributed by atoms with Gasteiger partial charge in [0.1, 0.15) is 5.69 Å². The molecule has 5 heteroatoms. The summed E-state index contributed by atoms with van der Waals surface area (Å²) in [6, 6.07) is 9.93. The number of anilines is 2. The molecule has 0 aliphatic heterocycles. The van der Waals surface area contributed by atoms with Crippen molar-refractivity contribution in [3.63, 3.8) is 0 Å². The molecule has 1 heterocycles. The smallest absolute Gasteiger partial charge is 0.269 e. The maximum absolute atomic E-state index is 12.2. The van der Waals surface area contributed by atoms with E-state index >= 15 is 0 Å². The first-order valence-electron chi connectivity index (χ1n) is 8.25. The van der Waals surface area contributed by atoms with E-state index in [2.05, 4.69) is 47.7 Å². The van der Waals surface area contributed by atoms with Gasteiger partial charge in [0.25, 0.3) is 5.91 Å². The van der Waals surface area contributed by atoms with Gasteiger partial charge in [-0.1, -0.05) is 25.1 Å². The molecule has 0 bridgehead atoms. The lowest BCUT2D eigenvalue weighted by atomic mass is 10.1. The number of rotatable bonds is 7. The van der Waals surface area contributed by atoms with Gasteiger partial charge in [-0.2, -0.15) is 0 Å². The van der Waals surface area contributed by atoms with Crippen molar-refractivity contribution >= 4 is 17.3 Å². The van der Waals surface area contributed by atoms with Gasteiger partial charge in [-0.3, -0.25) is 9.78 Å². The first-order chi connectivity index (χ1) is 11.5. The number of nitrogens with one attached hydrogen (secondary N) is 2. The molecular formula is C19H26N4O. The van der Waals surface area contributed by atoms with Gasteiger partial charge in [0.15, 0.2) is 0 Å². The summed E-state index contributed by atoms with van der Waals surface area (Å²) in [5.74, 6) is -0.152. The third kappa shape index (κ3) is 4.80. The van der Waals surface area contributed by atoms with Crippen LogP contribution in [0.3, 0.4) is 0 Å². The molecule has 1 amide bonds. The molecule has 2 rings (SSSR count). The van der Waals surface area contributed by atoms with Crippen LogP contribution in [0.5, 0.6) is 0 Å². The monoisotopic (exact) mass is 326 g/mol. The minimum Gasteiger partial charge on any atom is -0.355 e. The summed E-state index contributed by atoms with van der Waals surface area (Å²) in [5, 5.41) is 6.32. The van der Waals surface area contributed by atoms with Crippen LogP contribution in [0.25, 0.3) is 0 Å². The van der Waals surface area contributed by atoms with Gasteiger partial charge < -0.3 is 15.5 Å². The largest absolute Gasteiger partial charge is 0.355 e. The molecule has 5 nitrogen and oxygen atoms in total. The van der Waals surface area contributed by atoms with Crippen LogP contribution in [0.4, 0.5) is 11.4 Å². The van der Waals surface area contributed by atoms with Crippen LogP contribution in [0, 0.1) is 6.92 Å². The summed E-state index contributed by atoms with van der Waals surface area (Å²) >= 11 is 0. The lowest BCUT2D eigenvalue weighted by Crippen LogP contribution is -2.31. The van der Waals surface area contributed by atoms with Crippen LogP contribution in [0.2, 0.25) is 0 Å². The van der Waals surface area contributed by atoms with Crippen LogP contribution in [0.15, 0.2) is 36.5 Å². The molecule has 0 spiro atoms. The Kier molecular flexibility index (Phi) is 6.32. The second-order valence-electron chi connectivity index (χ2n) is 6.08. The van der Waals surface area contributed by atoms with Gasteiger partial charge in [-0.05, 0) is 50.7 Å². The number of benzene rings is 1. The van der Waals surface area contributed by atoms with Crippen molar-refractivity contribution in [1.82, 2.24) is 15.2 Å². The third-order valence-corrected chi connectivity index (χ3v) is 3.85. The first-order valence-corrected chi connectivity index (χ1v) is 8.25. The molecule has 0 radical (unpaired) electrons. The maximum atomic E-state index is 12.2. The molecule has 128 valence electrons. The number of nitrogens with zero attached hydrogens (tertiary/aromatic N) is 2. The van der Waals surface area contributed by atoms with E-state index in [1.807, 2.05) is 25.1 Å². The Labute approximate surface area is 144 Å². The molecule has 2 N–H and O–H groups in total. The van der Waals surface area contributed by atoms with E-state index in [1.54, 1.807) is 12.3 Å². The first kappa shape index (κ1) is 17.9. The predicted octanol–water partition coefficient (Wildman–Crippen LogP) is 2.99. The fraction of sp³-hybridized carbons (Fsp3) is 0.368. The predicted molar refractivity (Wildman–Crippen MR) is 99.0 cm³/mol. The Hall–Kier alpha value is -2.40. The fourth-order valence-electron chi connectivity index (χ4n) is 2.46. The molecule has 1 aromatic carbocycles. The summed E-state index contributed by atoms with van der Waals surface area (Å²) in [4.78, 5) is 18.4. The summed E-state index contributed by atoms with van der Waals surface area (Å²) in [5.41, 5.74) is 4.83. The molecule has 0 saturated heterocycles. The molecule has 0 fully saturated rings. The zero-order valence-corrected chi connectivity index (χ0v) is 14.9. The summed E-state index contributed by atoms with van der Waals surface area (Å²) in [7, 11) is 3.95. The number of carbonyl (C=O) groups is 1. The highest BCUT2D eigenvalue weighted by Crippen LogP contribution is 2.25.